The quantitative estimate of drug-likeness (QED) is 0.799. The van der Waals surface area contributed by atoms with E-state index in [9.17, 15) is 18.0 Å². The van der Waals surface area contributed by atoms with Crippen molar-refractivity contribution in [2.75, 3.05) is 33.8 Å². The Morgan fingerprint density at radius 1 is 1.20 bits per heavy atom. The lowest BCUT2D eigenvalue weighted by Crippen LogP contribution is -2.53. The SMILES string of the molecule is CN(C)C1CCOC2(CCN(C(=O)Cc3ccccc3)CC2)C1.O=C(O)C(F)(F)F. The number of carbonyl (C=O) groups excluding carboxylic acids is 1. The number of ether oxygens (including phenoxy) is 1. The van der Waals surface area contributed by atoms with Crippen molar-refractivity contribution in [2.24, 2.45) is 0 Å². The summed E-state index contributed by atoms with van der Waals surface area (Å²) in [6.07, 6.45) is -0.420. The van der Waals surface area contributed by atoms with Crippen LogP contribution in [0, 0.1) is 0 Å². The zero-order chi connectivity index (χ0) is 22.4. The average Bonchev–Trinajstić information content (AvgIpc) is 2.69. The second-order valence-corrected chi connectivity index (χ2v) is 7.99. The molecule has 3 rings (SSSR count). The van der Waals surface area contributed by atoms with Crippen LogP contribution in [-0.4, -0.2) is 78.4 Å². The van der Waals surface area contributed by atoms with Crippen LogP contribution in [0.1, 0.15) is 31.2 Å². The van der Waals surface area contributed by atoms with Gasteiger partial charge in [-0.2, -0.15) is 13.2 Å². The third-order valence-electron chi connectivity index (χ3n) is 5.67. The molecule has 1 spiro atoms. The fourth-order valence-corrected chi connectivity index (χ4v) is 3.84. The number of carbonyl (C=O) groups is 2. The monoisotopic (exact) mass is 430 g/mol. The molecule has 1 amide bonds. The van der Waals surface area contributed by atoms with Crippen LogP contribution in [0.5, 0.6) is 0 Å². The first-order chi connectivity index (χ1) is 14.0. The van der Waals surface area contributed by atoms with Gasteiger partial charge in [-0.3, -0.25) is 4.79 Å². The summed E-state index contributed by atoms with van der Waals surface area (Å²) in [5.41, 5.74) is 1.09. The van der Waals surface area contributed by atoms with Crippen molar-refractivity contribution in [2.45, 2.75) is 49.9 Å². The maximum atomic E-state index is 12.5. The number of nitrogens with zero attached hydrogens (tertiary/aromatic N) is 2. The second-order valence-electron chi connectivity index (χ2n) is 7.99. The average molecular weight is 430 g/mol. The molecule has 2 aliphatic heterocycles. The molecule has 0 aliphatic carbocycles. The molecule has 0 saturated carbocycles. The molecule has 2 heterocycles. The van der Waals surface area contributed by atoms with Gasteiger partial charge in [0.2, 0.25) is 5.91 Å². The fraction of sp³-hybridized carbons (Fsp3) is 0.619. The molecule has 2 saturated heterocycles. The van der Waals surface area contributed by atoms with Gasteiger partial charge in [-0.15, -0.1) is 0 Å². The Balaban J connectivity index is 0.000000396. The Labute approximate surface area is 174 Å². The zero-order valence-electron chi connectivity index (χ0n) is 17.3. The summed E-state index contributed by atoms with van der Waals surface area (Å²) >= 11 is 0. The van der Waals surface area contributed by atoms with Gasteiger partial charge in [0.05, 0.1) is 12.0 Å². The molecule has 1 aromatic rings. The first-order valence-corrected chi connectivity index (χ1v) is 9.95. The van der Waals surface area contributed by atoms with E-state index in [0.717, 1.165) is 50.9 Å². The molecule has 1 aromatic carbocycles. The molecule has 6 nitrogen and oxygen atoms in total. The van der Waals surface area contributed by atoms with E-state index in [4.69, 9.17) is 14.6 Å². The van der Waals surface area contributed by atoms with E-state index >= 15 is 0 Å². The van der Waals surface area contributed by atoms with Crippen molar-refractivity contribution < 1.29 is 32.6 Å². The van der Waals surface area contributed by atoms with Gasteiger partial charge in [-0.25, -0.2) is 4.79 Å². The molecular formula is C21H29F3N2O4. The molecule has 0 aromatic heterocycles. The zero-order valence-corrected chi connectivity index (χ0v) is 17.3. The minimum Gasteiger partial charge on any atom is -0.475 e. The first-order valence-electron chi connectivity index (χ1n) is 9.95. The highest BCUT2D eigenvalue weighted by Crippen LogP contribution is 2.36. The Morgan fingerprint density at radius 2 is 1.77 bits per heavy atom. The molecule has 0 bridgehead atoms. The van der Waals surface area contributed by atoms with Gasteiger partial charge >= 0.3 is 12.1 Å². The van der Waals surface area contributed by atoms with E-state index in [2.05, 4.69) is 19.0 Å². The van der Waals surface area contributed by atoms with Crippen molar-refractivity contribution in [1.29, 1.82) is 0 Å². The van der Waals surface area contributed by atoms with Crippen LogP contribution in [-0.2, 0) is 20.7 Å². The molecule has 168 valence electrons. The van der Waals surface area contributed by atoms with Crippen LogP contribution in [0.3, 0.4) is 0 Å². The smallest absolute Gasteiger partial charge is 0.475 e. The van der Waals surface area contributed by atoms with Crippen molar-refractivity contribution >= 4 is 11.9 Å². The van der Waals surface area contributed by atoms with Crippen molar-refractivity contribution in [3.8, 4) is 0 Å². The van der Waals surface area contributed by atoms with Gasteiger partial charge in [-0.05, 0) is 45.3 Å². The number of likely N-dealkylation sites (tertiary alicyclic amines) is 1. The summed E-state index contributed by atoms with van der Waals surface area (Å²) < 4.78 is 37.9. The molecule has 30 heavy (non-hydrogen) atoms. The first kappa shape index (κ1) is 24.1. The van der Waals surface area contributed by atoms with E-state index in [1.54, 1.807) is 0 Å². The number of carboxylic acids is 1. The van der Waals surface area contributed by atoms with Crippen molar-refractivity contribution in [3.63, 3.8) is 0 Å². The minimum absolute atomic E-state index is 0.00326. The van der Waals surface area contributed by atoms with Gasteiger partial charge in [0.25, 0.3) is 0 Å². The number of hydrogen-bond donors (Lipinski definition) is 1. The molecule has 1 atom stereocenters. The van der Waals surface area contributed by atoms with E-state index < -0.39 is 12.1 Å². The number of amides is 1. The number of piperidine rings is 1. The van der Waals surface area contributed by atoms with Gasteiger partial charge in [0.15, 0.2) is 0 Å². The summed E-state index contributed by atoms with van der Waals surface area (Å²) in [6, 6.07) is 10.6. The molecule has 0 radical (unpaired) electrons. The summed E-state index contributed by atoms with van der Waals surface area (Å²) in [4.78, 5) is 25.7. The van der Waals surface area contributed by atoms with Crippen LogP contribution in [0.4, 0.5) is 13.2 Å². The van der Waals surface area contributed by atoms with Gasteiger partial charge in [-0.1, -0.05) is 30.3 Å². The normalized spacial score (nSPS) is 21.1. The molecule has 1 unspecified atom stereocenters. The predicted molar refractivity (Wildman–Crippen MR) is 105 cm³/mol. The lowest BCUT2D eigenvalue weighted by molar-refractivity contribution is -0.192. The minimum atomic E-state index is -5.08. The van der Waals surface area contributed by atoms with E-state index in [1.807, 2.05) is 35.2 Å². The van der Waals surface area contributed by atoms with E-state index in [1.165, 1.54) is 0 Å². The maximum absolute atomic E-state index is 12.5. The van der Waals surface area contributed by atoms with Crippen LogP contribution < -0.4 is 0 Å². The number of aliphatic carboxylic acids is 1. The number of rotatable bonds is 3. The summed E-state index contributed by atoms with van der Waals surface area (Å²) in [7, 11) is 4.31. The highest BCUT2D eigenvalue weighted by atomic mass is 19.4. The number of benzene rings is 1. The number of halogens is 3. The third kappa shape index (κ3) is 6.98. The predicted octanol–water partition coefficient (Wildman–Crippen LogP) is 2.96. The van der Waals surface area contributed by atoms with Crippen molar-refractivity contribution in [3.05, 3.63) is 35.9 Å². The second kappa shape index (κ2) is 10.3. The third-order valence-corrected chi connectivity index (χ3v) is 5.67. The largest absolute Gasteiger partial charge is 0.490 e. The highest BCUT2D eigenvalue weighted by molar-refractivity contribution is 5.78. The van der Waals surface area contributed by atoms with Crippen LogP contribution in [0.2, 0.25) is 0 Å². The van der Waals surface area contributed by atoms with Crippen LogP contribution in [0.15, 0.2) is 30.3 Å². The van der Waals surface area contributed by atoms with Crippen molar-refractivity contribution in [1.82, 2.24) is 9.80 Å². The molecule has 2 fully saturated rings. The Bertz CT molecular complexity index is 702. The number of alkyl halides is 3. The lowest BCUT2D eigenvalue weighted by atomic mass is 9.82. The fourth-order valence-electron chi connectivity index (χ4n) is 3.84. The lowest BCUT2D eigenvalue weighted by Gasteiger charge is -2.47. The highest BCUT2D eigenvalue weighted by Gasteiger charge is 2.41. The Hall–Kier alpha value is -2.13. The number of carboxylic acid groups (broad SMARTS) is 1. The Kier molecular flexibility index (Phi) is 8.25. The summed E-state index contributed by atoms with van der Waals surface area (Å²) in [5, 5.41) is 7.12. The maximum Gasteiger partial charge on any atom is 0.490 e. The van der Waals surface area contributed by atoms with Crippen LogP contribution >= 0.6 is 0 Å². The molecular weight excluding hydrogens is 401 g/mol. The van der Waals surface area contributed by atoms with Gasteiger partial charge in [0, 0.05) is 25.7 Å². The molecule has 1 N–H and O–H groups in total. The standard InChI is InChI=1S/C19H28N2O2.C2HF3O2/c1-20(2)17-8-13-23-19(15-17)9-11-21(12-10-19)18(22)14-16-6-4-3-5-7-16;3-2(4,5)1(6)7/h3-7,17H,8-15H2,1-2H3;(H,6,7). The van der Waals surface area contributed by atoms with Gasteiger partial charge in [0.1, 0.15) is 0 Å². The molecule has 2 aliphatic rings. The van der Waals surface area contributed by atoms with E-state index in [-0.39, 0.29) is 11.5 Å². The van der Waals surface area contributed by atoms with Crippen LogP contribution in [0.25, 0.3) is 0 Å². The topological polar surface area (TPSA) is 70.1 Å². The van der Waals surface area contributed by atoms with Gasteiger partial charge < -0.3 is 19.6 Å². The number of hydrogen-bond acceptors (Lipinski definition) is 4. The Morgan fingerprint density at radius 3 is 2.27 bits per heavy atom. The molecule has 9 heteroatoms. The van der Waals surface area contributed by atoms with E-state index in [0.29, 0.717) is 12.5 Å². The summed E-state index contributed by atoms with van der Waals surface area (Å²) in [5.74, 6) is -2.52. The summed E-state index contributed by atoms with van der Waals surface area (Å²) in [6.45, 7) is 2.50.